The van der Waals surface area contributed by atoms with Crippen molar-refractivity contribution in [3.05, 3.63) is 35.6 Å². The summed E-state index contributed by atoms with van der Waals surface area (Å²) >= 11 is 0. The van der Waals surface area contributed by atoms with Crippen molar-refractivity contribution < 1.29 is 13.9 Å². The molecule has 1 saturated carbocycles. The first-order chi connectivity index (χ1) is 10.5. The first-order valence-electron chi connectivity index (χ1n) is 7.97. The Bertz CT molecular complexity index is 540. The highest BCUT2D eigenvalue weighted by Crippen LogP contribution is 2.32. The average Bonchev–Trinajstić information content (AvgIpc) is 2.94. The SMILES string of the molecule is CC1CN(C(=O)C2(N)CCCC2)CC(c2ccc(F)cc2)O1. The molecule has 0 radical (unpaired) electrons. The fourth-order valence-electron chi connectivity index (χ4n) is 3.51. The van der Waals surface area contributed by atoms with Gasteiger partial charge in [-0.1, -0.05) is 25.0 Å². The molecule has 1 aromatic carbocycles. The number of carbonyl (C=O) groups excluding carboxylic acids is 1. The van der Waals surface area contributed by atoms with Crippen molar-refractivity contribution in [2.45, 2.75) is 50.4 Å². The van der Waals surface area contributed by atoms with E-state index in [9.17, 15) is 9.18 Å². The first-order valence-corrected chi connectivity index (χ1v) is 7.97. The van der Waals surface area contributed by atoms with E-state index in [-0.39, 0.29) is 23.9 Å². The number of morpholine rings is 1. The molecule has 0 bridgehead atoms. The second-order valence-electron chi connectivity index (χ2n) is 6.56. The Balaban J connectivity index is 1.76. The molecule has 1 aliphatic carbocycles. The third-order valence-corrected chi connectivity index (χ3v) is 4.71. The van der Waals surface area contributed by atoms with E-state index in [1.54, 1.807) is 12.1 Å². The highest BCUT2D eigenvalue weighted by atomic mass is 19.1. The van der Waals surface area contributed by atoms with Crippen LogP contribution in [0.5, 0.6) is 0 Å². The lowest BCUT2D eigenvalue weighted by Crippen LogP contribution is -2.57. The Labute approximate surface area is 130 Å². The van der Waals surface area contributed by atoms with Crippen LogP contribution in [0.25, 0.3) is 0 Å². The van der Waals surface area contributed by atoms with Crippen molar-refractivity contribution in [2.24, 2.45) is 5.73 Å². The fraction of sp³-hybridized carbons (Fsp3) is 0.588. The second-order valence-corrected chi connectivity index (χ2v) is 6.56. The van der Waals surface area contributed by atoms with Crippen LogP contribution >= 0.6 is 0 Å². The van der Waals surface area contributed by atoms with Crippen LogP contribution in [0, 0.1) is 5.82 Å². The Morgan fingerprint density at radius 1 is 1.27 bits per heavy atom. The van der Waals surface area contributed by atoms with Gasteiger partial charge in [0, 0.05) is 6.54 Å². The van der Waals surface area contributed by atoms with Crippen LogP contribution < -0.4 is 5.73 Å². The van der Waals surface area contributed by atoms with Crippen molar-refractivity contribution in [3.8, 4) is 0 Å². The number of rotatable bonds is 2. The van der Waals surface area contributed by atoms with Gasteiger partial charge in [-0.25, -0.2) is 4.39 Å². The minimum Gasteiger partial charge on any atom is -0.367 e. The summed E-state index contributed by atoms with van der Waals surface area (Å²) in [6.45, 7) is 3.00. The van der Waals surface area contributed by atoms with Crippen LogP contribution in [-0.2, 0) is 9.53 Å². The number of hydrogen-bond donors (Lipinski definition) is 1. The molecule has 2 fully saturated rings. The maximum atomic E-state index is 13.1. The minimum absolute atomic E-state index is 0.0345. The monoisotopic (exact) mass is 306 g/mol. The number of ether oxygens (including phenoxy) is 1. The highest BCUT2D eigenvalue weighted by molar-refractivity contribution is 5.86. The van der Waals surface area contributed by atoms with Gasteiger partial charge in [-0.15, -0.1) is 0 Å². The third kappa shape index (κ3) is 3.01. The molecule has 2 aliphatic rings. The normalized spacial score (nSPS) is 27.9. The van der Waals surface area contributed by atoms with Crippen molar-refractivity contribution >= 4 is 5.91 Å². The summed E-state index contributed by atoms with van der Waals surface area (Å²) in [5.74, 6) is -0.236. The van der Waals surface area contributed by atoms with Crippen molar-refractivity contribution in [1.82, 2.24) is 4.90 Å². The fourth-order valence-corrected chi connectivity index (χ4v) is 3.51. The Hall–Kier alpha value is -1.46. The molecule has 1 amide bonds. The van der Waals surface area contributed by atoms with E-state index in [1.807, 2.05) is 11.8 Å². The van der Waals surface area contributed by atoms with Crippen LogP contribution in [0.15, 0.2) is 24.3 Å². The van der Waals surface area contributed by atoms with Crippen LogP contribution in [0.2, 0.25) is 0 Å². The number of benzene rings is 1. The van der Waals surface area contributed by atoms with E-state index in [0.717, 1.165) is 31.2 Å². The molecular formula is C17H23FN2O2. The van der Waals surface area contributed by atoms with Gasteiger partial charge in [-0.05, 0) is 37.5 Å². The average molecular weight is 306 g/mol. The molecule has 2 atom stereocenters. The zero-order chi connectivity index (χ0) is 15.7. The number of hydrogen-bond acceptors (Lipinski definition) is 3. The summed E-state index contributed by atoms with van der Waals surface area (Å²) < 4.78 is 19.0. The summed E-state index contributed by atoms with van der Waals surface area (Å²) in [6.07, 6.45) is 3.28. The van der Waals surface area contributed by atoms with Gasteiger partial charge >= 0.3 is 0 Å². The van der Waals surface area contributed by atoms with Gasteiger partial charge in [-0.2, -0.15) is 0 Å². The van der Waals surface area contributed by atoms with E-state index < -0.39 is 5.54 Å². The van der Waals surface area contributed by atoms with Crippen LogP contribution in [0.3, 0.4) is 0 Å². The maximum Gasteiger partial charge on any atom is 0.242 e. The molecule has 0 spiro atoms. The predicted molar refractivity (Wildman–Crippen MR) is 81.7 cm³/mol. The van der Waals surface area contributed by atoms with Gasteiger partial charge in [-0.3, -0.25) is 4.79 Å². The lowest BCUT2D eigenvalue weighted by atomic mass is 9.95. The molecular weight excluding hydrogens is 283 g/mol. The number of nitrogens with two attached hydrogens (primary N) is 1. The molecule has 2 N–H and O–H groups in total. The van der Waals surface area contributed by atoms with Crippen molar-refractivity contribution in [2.75, 3.05) is 13.1 Å². The summed E-state index contributed by atoms with van der Waals surface area (Å²) in [4.78, 5) is 14.6. The number of amides is 1. The number of halogens is 1. The molecule has 120 valence electrons. The molecule has 5 heteroatoms. The Morgan fingerprint density at radius 2 is 1.91 bits per heavy atom. The van der Waals surface area contributed by atoms with Gasteiger partial charge in [0.25, 0.3) is 0 Å². The van der Waals surface area contributed by atoms with Gasteiger partial charge < -0.3 is 15.4 Å². The topological polar surface area (TPSA) is 55.6 Å². The third-order valence-electron chi connectivity index (χ3n) is 4.71. The molecule has 22 heavy (non-hydrogen) atoms. The lowest BCUT2D eigenvalue weighted by molar-refractivity contribution is -0.150. The molecule has 0 aromatic heterocycles. The predicted octanol–water partition coefficient (Wildman–Crippen LogP) is 2.39. The van der Waals surface area contributed by atoms with Crippen molar-refractivity contribution in [3.63, 3.8) is 0 Å². The van der Waals surface area contributed by atoms with E-state index in [1.165, 1.54) is 12.1 Å². The Kier molecular flexibility index (Phi) is 4.19. The molecule has 2 unspecified atom stereocenters. The van der Waals surface area contributed by atoms with Gasteiger partial charge in [0.05, 0.1) is 18.2 Å². The summed E-state index contributed by atoms with van der Waals surface area (Å²) in [5, 5.41) is 0. The molecule has 1 saturated heterocycles. The molecule has 3 rings (SSSR count). The van der Waals surface area contributed by atoms with E-state index >= 15 is 0 Å². The maximum absolute atomic E-state index is 13.1. The summed E-state index contributed by atoms with van der Waals surface area (Å²) in [7, 11) is 0. The zero-order valence-corrected chi connectivity index (χ0v) is 12.9. The van der Waals surface area contributed by atoms with E-state index in [4.69, 9.17) is 10.5 Å². The first kappa shape index (κ1) is 15.4. The number of carbonyl (C=O) groups is 1. The molecule has 1 heterocycles. The van der Waals surface area contributed by atoms with Crippen molar-refractivity contribution in [1.29, 1.82) is 0 Å². The standard InChI is InChI=1S/C17H23FN2O2/c1-12-10-20(16(21)17(19)8-2-3-9-17)11-15(22-12)13-4-6-14(18)7-5-13/h4-7,12,15H,2-3,8-11,19H2,1H3. The highest BCUT2D eigenvalue weighted by Gasteiger charge is 2.42. The summed E-state index contributed by atoms with van der Waals surface area (Å²) in [5.41, 5.74) is 6.49. The number of nitrogens with zero attached hydrogens (tertiary/aromatic N) is 1. The van der Waals surface area contributed by atoms with Gasteiger partial charge in [0.2, 0.25) is 5.91 Å². The van der Waals surface area contributed by atoms with Gasteiger partial charge in [0.1, 0.15) is 11.9 Å². The molecule has 4 nitrogen and oxygen atoms in total. The quantitative estimate of drug-likeness (QED) is 0.913. The van der Waals surface area contributed by atoms with Crippen LogP contribution in [0.1, 0.15) is 44.3 Å². The largest absolute Gasteiger partial charge is 0.367 e. The van der Waals surface area contributed by atoms with E-state index in [0.29, 0.717) is 13.1 Å². The molecule has 1 aromatic rings. The van der Waals surface area contributed by atoms with Crippen LogP contribution in [-0.4, -0.2) is 35.5 Å². The van der Waals surface area contributed by atoms with Crippen LogP contribution in [0.4, 0.5) is 4.39 Å². The zero-order valence-electron chi connectivity index (χ0n) is 12.9. The summed E-state index contributed by atoms with van der Waals surface area (Å²) in [6, 6.07) is 6.28. The van der Waals surface area contributed by atoms with Gasteiger partial charge in [0.15, 0.2) is 0 Å². The minimum atomic E-state index is -0.704. The lowest BCUT2D eigenvalue weighted by Gasteiger charge is -2.40. The van der Waals surface area contributed by atoms with E-state index in [2.05, 4.69) is 0 Å². The Morgan fingerprint density at radius 3 is 2.55 bits per heavy atom. The smallest absolute Gasteiger partial charge is 0.242 e. The second kappa shape index (κ2) is 5.97. The molecule has 1 aliphatic heterocycles.